The van der Waals surface area contributed by atoms with Gasteiger partial charge in [-0.15, -0.1) is 0 Å². The molecule has 0 spiro atoms. The minimum Gasteiger partial charge on any atom is -0.398 e. The van der Waals surface area contributed by atoms with Gasteiger partial charge in [-0.2, -0.15) is 0 Å². The maximum atomic E-state index is 10.8. The largest absolute Gasteiger partial charge is 0.398 e. The molecule has 0 heterocycles. The number of benzene rings is 2. The molecule has 0 radical (unpaired) electrons. The quantitative estimate of drug-likeness (QED) is 0.520. The Bertz CT molecular complexity index is 656. The van der Waals surface area contributed by atoms with Gasteiger partial charge in [0.25, 0.3) is 5.69 Å². The molecule has 21 heavy (non-hydrogen) atoms. The van der Waals surface area contributed by atoms with Crippen LogP contribution >= 0.6 is 0 Å². The maximum absolute atomic E-state index is 10.8. The molecule has 0 amide bonds. The maximum Gasteiger partial charge on any atom is 0.269 e. The van der Waals surface area contributed by atoms with Crippen molar-refractivity contribution in [2.75, 3.05) is 12.8 Å². The van der Waals surface area contributed by atoms with Crippen LogP contribution in [-0.2, 0) is 13.1 Å². The third-order valence-corrected chi connectivity index (χ3v) is 3.48. The van der Waals surface area contributed by atoms with Gasteiger partial charge in [-0.1, -0.05) is 24.3 Å². The molecule has 2 N–H and O–H groups in total. The van der Waals surface area contributed by atoms with Crippen LogP contribution in [0.2, 0.25) is 0 Å². The van der Waals surface area contributed by atoms with Crippen LogP contribution in [-0.4, -0.2) is 16.9 Å². The summed E-state index contributed by atoms with van der Waals surface area (Å²) < 4.78 is 0. The Labute approximate surface area is 124 Å². The minimum absolute atomic E-state index is 0.0727. The van der Waals surface area contributed by atoms with Crippen LogP contribution in [0.4, 0.5) is 11.4 Å². The third kappa shape index (κ3) is 3.79. The van der Waals surface area contributed by atoms with Gasteiger partial charge in [0.1, 0.15) is 0 Å². The third-order valence-electron chi connectivity index (χ3n) is 3.48. The summed E-state index contributed by atoms with van der Waals surface area (Å²) in [4.78, 5) is 12.5. The van der Waals surface area contributed by atoms with Crippen LogP contribution in [0, 0.1) is 17.0 Å². The summed E-state index contributed by atoms with van der Waals surface area (Å²) in [5.74, 6) is 0. The number of nitrogen functional groups attached to an aromatic ring is 1. The van der Waals surface area contributed by atoms with Crippen molar-refractivity contribution in [3.8, 4) is 0 Å². The smallest absolute Gasteiger partial charge is 0.269 e. The molecule has 0 fully saturated rings. The number of rotatable bonds is 5. The summed E-state index contributed by atoms with van der Waals surface area (Å²) in [6.07, 6.45) is 0. The van der Waals surface area contributed by atoms with Crippen molar-refractivity contribution in [2.45, 2.75) is 20.0 Å². The molecule has 5 nitrogen and oxygen atoms in total. The molecule has 5 heteroatoms. The minimum atomic E-state index is -0.399. The van der Waals surface area contributed by atoms with Crippen molar-refractivity contribution in [3.05, 3.63) is 69.3 Å². The normalized spacial score (nSPS) is 10.8. The van der Waals surface area contributed by atoms with Gasteiger partial charge in [0.15, 0.2) is 0 Å². The highest BCUT2D eigenvalue weighted by molar-refractivity contribution is 5.52. The predicted octanol–water partition coefficient (Wildman–Crippen LogP) is 3.12. The Morgan fingerprint density at radius 3 is 2.48 bits per heavy atom. The Balaban J connectivity index is 2.12. The lowest BCUT2D eigenvalue weighted by Gasteiger charge is -2.19. The number of anilines is 1. The van der Waals surface area contributed by atoms with Crippen LogP contribution in [0.1, 0.15) is 16.7 Å². The molecular weight excluding hydrogens is 266 g/mol. The second-order valence-electron chi connectivity index (χ2n) is 5.24. The van der Waals surface area contributed by atoms with Crippen molar-refractivity contribution >= 4 is 11.4 Å². The highest BCUT2D eigenvalue weighted by Crippen LogP contribution is 2.21. The van der Waals surface area contributed by atoms with Gasteiger partial charge in [-0.05, 0) is 36.7 Å². The number of nitrogens with zero attached hydrogens (tertiary/aromatic N) is 2. The fraction of sp³-hybridized carbons (Fsp3) is 0.250. The number of nitro benzene ring substituents is 1. The van der Waals surface area contributed by atoms with Crippen molar-refractivity contribution in [2.24, 2.45) is 0 Å². The van der Waals surface area contributed by atoms with Crippen molar-refractivity contribution < 1.29 is 4.92 Å². The fourth-order valence-corrected chi connectivity index (χ4v) is 2.27. The number of non-ortho nitro benzene ring substituents is 1. The first-order chi connectivity index (χ1) is 9.97. The standard InChI is InChI=1S/C16H19N3O2/c1-12-5-3-4-6-13(12)10-18(2)11-14-9-15(19(20)21)7-8-16(14)17/h3-9H,10-11,17H2,1-2H3. The first-order valence-corrected chi connectivity index (χ1v) is 6.73. The van der Waals surface area contributed by atoms with Gasteiger partial charge in [0.05, 0.1) is 4.92 Å². The predicted molar refractivity (Wildman–Crippen MR) is 83.9 cm³/mol. The Hall–Kier alpha value is -2.40. The number of nitro groups is 1. The van der Waals surface area contributed by atoms with E-state index in [0.717, 1.165) is 12.1 Å². The van der Waals surface area contributed by atoms with Crippen molar-refractivity contribution in [1.82, 2.24) is 4.90 Å². The molecule has 0 aliphatic carbocycles. The first kappa shape index (κ1) is 15.0. The summed E-state index contributed by atoms with van der Waals surface area (Å²) in [5.41, 5.74) is 9.82. The second kappa shape index (κ2) is 6.37. The Kier molecular flexibility index (Phi) is 4.55. The van der Waals surface area contributed by atoms with E-state index < -0.39 is 4.92 Å². The molecule has 2 aromatic carbocycles. The Morgan fingerprint density at radius 1 is 1.14 bits per heavy atom. The van der Waals surface area contributed by atoms with Crippen molar-refractivity contribution in [1.29, 1.82) is 0 Å². The molecule has 0 bridgehead atoms. The summed E-state index contributed by atoms with van der Waals surface area (Å²) in [6, 6.07) is 12.8. The van der Waals surface area contributed by atoms with Crippen LogP contribution in [0.25, 0.3) is 0 Å². The highest BCUT2D eigenvalue weighted by atomic mass is 16.6. The average Bonchev–Trinajstić information content (AvgIpc) is 2.43. The molecule has 2 aromatic rings. The molecule has 0 atom stereocenters. The zero-order valence-electron chi connectivity index (χ0n) is 12.2. The molecule has 0 unspecified atom stereocenters. The van der Waals surface area contributed by atoms with Crippen LogP contribution in [0.15, 0.2) is 42.5 Å². The van der Waals surface area contributed by atoms with Gasteiger partial charge in [0, 0.05) is 30.9 Å². The number of hydrogen-bond donors (Lipinski definition) is 1. The summed E-state index contributed by atoms with van der Waals surface area (Å²) in [6.45, 7) is 3.42. The van der Waals surface area contributed by atoms with E-state index in [1.54, 1.807) is 12.1 Å². The van der Waals surface area contributed by atoms with Gasteiger partial charge in [-0.25, -0.2) is 0 Å². The molecule has 110 valence electrons. The van der Waals surface area contributed by atoms with E-state index >= 15 is 0 Å². The van der Waals surface area contributed by atoms with E-state index in [1.165, 1.54) is 17.2 Å². The van der Waals surface area contributed by atoms with Gasteiger partial charge >= 0.3 is 0 Å². The SMILES string of the molecule is Cc1ccccc1CN(C)Cc1cc([N+](=O)[O-])ccc1N. The monoisotopic (exact) mass is 285 g/mol. The van der Waals surface area contributed by atoms with E-state index in [0.29, 0.717) is 12.2 Å². The second-order valence-corrected chi connectivity index (χ2v) is 5.24. The Morgan fingerprint density at radius 2 is 1.81 bits per heavy atom. The van der Waals surface area contributed by atoms with Gasteiger partial charge in [0.2, 0.25) is 0 Å². The van der Waals surface area contributed by atoms with E-state index in [-0.39, 0.29) is 5.69 Å². The van der Waals surface area contributed by atoms with Crippen LogP contribution < -0.4 is 5.73 Å². The topological polar surface area (TPSA) is 72.4 Å². The number of nitrogens with two attached hydrogens (primary N) is 1. The zero-order chi connectivity index (χ0) is 15.4. The lowest BCUT2D eigenvalue weighted by molar-refractivity contribution is -0.384. The number of hydrogen-bond acceptors (Lipinski definition) is 4. The zero-order valence-corrected chi connectivity index (χ0v) is 12.2. The first-order valence-electron chi connectivity index (χ1n) is 6.73. The molecule has 0 saturated carbocycles. The molecule has 0 aliphatic rings. The molecule has 0 saturated heterocycles. The fourth-order valence-electron chi connectivity index (χ4n) is 2.27. The molecule has 2 rings (SSSR count). The lowest BCUT2D eigenvalue weighted by atomic mass is 10.1. The average molecular weight is 285 g/mol. The van der Waals surface area contributed by atoms with Gasteiger partial charge < -0.3 is 5.73 Å². The van der Waals surface area contributed by atoms with Crippen molar-refractivity contribution in [3.63, 3.8) is 0 Å². The molecular formula is C16H19N3O2. The van der Waals surface area contributed by atoms with Crippen LogP contribution in [0.5, 0.6) is 0 Å². The molecule has 0 aliphatic heterocycles. The van der Waals surface area contributed by atoms with Gasteiger partial charge in [-0.3, -0.25) is 15.0 Å². The molecule has 0 aromatic heterocycles. The van der Waals surface area contributed by atoms with E-state index in [9.17, 15) is 10.1 Å². The lowest BCUT2D eigenvalue weighted by Crippen LogP contribution is -2.18. The number of aryl methyl sites for hydroxylation is 1. The summed E-state index contributed by atoms with van der Waals surface area (Å²) >= 11 is 0. The summed E-state index contributed by atoms with van der Waals surface area (Å²) in [7, 11) is 1.98. The van der Waals surface area contributed by atoms with E-state index in [1.807, 2.05) is 19.2 Å². The highest BCUT2D eigenvalue weighted by Gasteiger charge is 2.11. The van der Waals surface area contributed by atoms with E-state index in [2.05, 4.69) is 24.0 Å². The summed E-state index contributed by atoms with van der Waals surface area (Å²) in [5, 5.41) is 10.8. The van der Waals surface area contributed by atoms with Crippen LogP contribution in [0.3, 0.4) is 0 Å². The van der Waals surface area contributed by atoms with E-state index in [4.69, 9.17) is 5.73 Å².